The van der Waals surface area contributed by atoms with Gasteiger partial charge in [0.05, 0.1) is 0 Å². The summed E-state index contributed by atoms with van der Waals surface area (Å²) >= 11 is 1.75. The van der Waals surface area contributed by atoms with Crippen LogP contribution in [0.4, 0.5) is 4.79 Å². The van der Waals surface area contributed by atoms with E-state index in [9.17, 15) is 4.79 Å². The Balaban J connectivity index is 2.19. The molecule has 1 atom stereocenters. The van der Waals surface area contributed by atoms with E-state index in [2.05, 4.69) is 10.6 Å². The Kier molecular flexibility index (Phi) is 2.71. The second-order valence-corrected chi connectivity index (χ2v) is 3.09. The molecule has 0 aromatic carbocycles. The molecule has 3 nitrogen and oxygen atoms in total. The molecule has 1 amide bonds. The molecule has 0 aliphatic carbocycles. The lowest BCUT2D eigenvalue weighted by Crippen LogP contribution is -2.32. The molecule has 52 valence electrons. The third-order valence-corrected chi connectivity index (χ3v) is 1.69. The quantitative estimate of drug-likeness (QED) is 0.398. The summed E-state index contributed by atoms with van der Waals surface area (Å²) in [5.74, 6) is 0. The lowest BCUT2D eigenvalue weighted by Gasteiger charge is -2.06. The van der Waals surface area contributed by atoms with Crippen LogP contribution in [0.5, 0.6) is 0 Å². The van der Waals surface area contributed by atoms with Gasteiger partial charge in [0.2, 0.25) is 0 Å². The molecule has 1 fully saturated rings. The van der Waals surface area contributed by atoms with Gasteiger partial charge in [0.25, 0.3) is 3.91 Å². The predicted molar refractivity (Wildman–Crippen MR) is 43.8 cm³/mol. The second-order valence-electron chi connectivity index (χ2n) is 2.11. The Morgan fingerprint density at radius 1 is 1.78 bits per heavy atom. The van der Waals surface area contributed by atoms with Crippen molar-refractivity contribution in [3.8, 4) is 0 Å². The summed E-state index contributed by atoms with van der Waals surface area (Å²) in [7, 11) is 0. The Labute approximate surface area is 67.7 Å². The van der Waals surface area contributed by atoms with Crippen LogP contribution in [0.3, 0.4) is 0 Å². The highest BCUT2D eigenvalue weighted by Crippen LogP contribution is 1.98. The molecule has 9 heavy (non-hydrogen) atoms. The van der Waals surface area contributed by atoms with Gasteiger partial charge >= 0.3 is 0 Å². The second kappa shape index (κ2) is 3.36. The van der Waals surface area contributed by atoms with Crippen molar-refractivity contribution in [3.63, 3.8) is 0 Å². The van der Waals surface area contributed by atoms with Crippen LogP contribution in [0.15, 0.2) is 0 Å². The van der Waals surface area contributed by atoms with E-state index in [4.69, 9.17) is 0 Å². The average Bonchev–Trinajstić information content (AvgIpc) is 2.15. The SMILES string of the molecule is O=C(I)NC1CCNC1. The molecule has 0 saturated carbocycles. The van der Waals surface area contributed by atoms with Gasteiger partial charge < -0.3 is 10.6 Å². The van der Waals surface area contributed by atoms with E-state index < -0.39 is 0 Å². The first-order valence-corrected chi connectivity index (χ1v) is 4.03. The number of hydrogen-bond acceptors (Lipinski definition) is 2. The fraction of sp³-hybridized carbons (Fsp3) is 0.800. The molecule has 1 unspecified atom stereocenters. The zero-order valence-corrected chi connectivity index (χ0v) is 7.14. The van der Waals surface area contributed by atoms with Gasteiger partial charge in [-0.3, -0.25) is 4.79 Å². The maximum Gasteiger partial charge on any atom is 0.280 e. The van der Waals surface area contributed by atoms with Crippen LogP contribution in [0, 0.1) is 0 Å². The van der Waals surface area contributed by atoms with Gasteiger partial charge in [0.1, 0.15) is 0 Å². The van der Waals surface area contributed by atoms with Crippen molar-refractivity contribution in [2.75, 3.05) is 13.1 Å². The van der Waals surface area contributed by atoms with E-state index in [1.807, 2.05) is 0 Å². The smallest absolute Gasteiger partial charge is 0.280 e. The van der Waals surface area contributed by atoms with Crippen LogP contribution in [0.25, 0.3) is 0 Å². The maximum atomic E-state index is 10.4. The summed E-state index contributed by atoms with van der Waals surface area (Å²) in [5, 5.41) is 5.99. The molecular formula is C5H9IN2O. The molecule has 4 heteroatoms. The molecule has 0 radical (unpaired) electrons. The fourth-order valence-electron chi connectivity index (χ4n) is 0.938. The zero-order chi connectivity index (χ0) is 6.69. The highest BCUT2D eigenvalue weighted by atomic mass is 127. The number of halogens is 1. The lowest BCUT2D eigenvalue weighted by atomic mass is 10.3. The van der Waals surface area contributed by atoms with Crippen molar-refractivity contribution < 1.29 is 4.79 Å². The number of hydrogen-bond donors (Lipinski definition) is 2. The van der Waals surface area contributed by atoms with Gasteiger partial charge in [0.15, 0.2) is 0 Å². The van der Waals surface area contributed by atoms with Crippen molar-refractivity contribution in [1.82, 2.24) is 10.6 Å². The number of nitrogens with one attached hydrogen (secondary N) is 2. The molecule has 0 aromatic rings. The van der Waals surface area contributed by atoms with E-state index in [0.717, 1.165) is 19.5 Å². The highest BCUT2D eigenvalue weighted by Gasteiger charge is 2.14. The molecule has 0 aromatic heterocycles. The Hall–Kier alpha value is 0.160. The van der Waals surface area contributed by atoms with Gasteiger partial charge in [-0.1, -0.05) is 0 Å². The monoisotopic (exact) mass is 240 g/mol. The van der Waals surface area contributed by atoms with Gasteiger partial charge in [-0.15, -0.1) is 0 Å². The Morgan fingerprint density at radius 2 is 2.56 bits per heavy atom. The van der Waals surface area contributed by atoms with Crippen molar-refractivity contribution in [2.24, 2.45) is 0 Å². The topological polar surface area (TPSA) is 41.1 Å². The van der Waals surface area contributed by atoms with Gasteiger partial charge in [0, 0.05) is 35.2 Å². The minimum atomic E-state index is 0.0429. The summed E-state index contributed by atoms with van der Waals surface area (Å²) < 4.78 is 0.0429. The summed E-state index contributed by atoms with van der Waals surface area (Å²) in [4.78, 5) is 10.4. The van der Waals surface area contributed by atoms with Crippen LogP contribution in [-0.2, 0) is 0 Å². The number of amides is 1. The van der Waals surface area contributed by atoms with Crippen LogP contribution in [-0.4, -0.2) is 23.0 Å². The Morgan fingerprint density at radius 3 is 3.00 bits per heavy atom. The zero-order valence-electron chi connectivity index (χ0n) is 4.98. The van der Waals surface area contributed by atoms with E-state index in [1.54, 1.807) is 22.6 Å². The average molecular weight is 240 g/mol. The molecule has 2 N–H and O–H groups in total. The van der Waals surface area contributed by atoms with E-state index >= 15 is 0 Å². The Bertz CT molecular complexity index is 112. The van der Waals surface area contributed by atoms with Crippen LogP contribution < -0.4 is 10.6 Å². The summed E-state index contributed by atoms with van der Waals surface area (Å²) in [6.07, 6.45) is 1.06. The molecule has 1 rings (SSSR count). The summed E-state index contributed by atoms with van der Waals surface area (Å²) in [6, 6.07) is 0.370. The highest BCUT2D eigenvalue weighted by molar-refractivity contribution is 14.1. The maximum absolute atomic E-state index is 10.4. The first-order chi connectivity index (χ1) is 4.29. The van der Waals surface area contributed by atoms with Crippen molar-refractivity contribution in [1.29, 1.82) is 0 Å². The van der Waals surface area contributed by atoms with Crippen molar-refractivity contribution in [2.45, 2.75) is 12.5 Å². The molecule has 0 spiro atoms. The number of rotatable bonds is 1. The van der Waals surface area contributed by atoms with Crippen molar-refractivity contribution >= 4 is 26.5 Å². The van der Waals surface area contributed by atoms with E-state index in [0.29, 0.717) is 6.04 Å². The summed E-state index contributed by atoms with van der Waals surface area (Å²) in [6.45, 7) is 1.95. The number of carbonyl (C=O) groups is 1. The van der Waals surface area contributed by atoms with Crippen LogP contribution in [0.1, 0.15) is 6.42 Å². The van der Waals surface area contributed by atoms with Crippen LogP contribution in [0.2, 0.25) is 0 Å². The standard InChI is InChI=1S/C5H9IN2O/c6-5(9)8-4-1-2-7-3-4/h4,7H,1-3H2,(H,8,9). The van der Waals surface area contributed by atoms with Crippen molar-refractivity contribution in [3.05, 3.63) is 0 Å². The first-order valence-electron chi connectivity index (χ1n) is 2.96. The third-order valence-electron chi connectivity index (χ3n) is 1.38. The van der Waals surface area contributed by atoms with E-state index in [-0.39, 0.29) is 3.91 Å². The summed E-state index contributed by atoms with van der Waals surface area (Å²) in [5.41, 5.74) is 0. The van der Waals surface area contributed by atoms with Gasteiger partial charge in [-0.2, -0.15) is 0 Å². The molecule has 0 bridgehead atoms. The first kappa shape index (κ1) is 7.27. The van der Waals surface area contributed by atoms with E-state index in [1.165, 1.54) is 0 Å². The largest absolute Gasteiger partial charge is 0.343 e. The van der Waals surface area contributed by atoms with Gasteiger partial charge in [-0.25, -0.2) is 0 Å². The van der Waals surface area contributed by atoms with Crippen LogP contribution >= 0.6 is 22.6 Å². The molecule has 1 saturated heterocycles. The molecule has 1 aliphatic heterocycles. The predicted octanol–water partition coefficient (Wildman–Crippen LogP) is 0.493. The third kappa shape index (κ3) is 2.49. The number of carbonyl (C=O) groups excluding carboxylic acids is 1. The minimum Gasteiger partial charge on any atom is -0.343 e. The normalized spacial score (nSPS) is 26.1. The minimum absolute atomic E-state index is 0.0429. The molecule has 1 heterocycles. The molecular weight excluding hydrogens is 231 g/mol. The van der Waals surface area contributed by atoms with Gasteiger partial charge in [-0.05, 0) is 13.0 Å². The fourth-order valence-corrected chi connectivity index (χ4v) is 1.38. The lowest BCUT2D eigenvalue weighted by molar-refractivity contribution is 0.260. The molecule has 1 aliphatic rings.